The molecule has 0 aliphatic carbocycles. The van der Waals surface area contributed by atoms with Crippen molar-refractivity contribution in [2.45, 2.75) is 26.4 Å². The van der Waals surface area contributed by atoms with Gasteiger partial charge in [-0.05, 0) is 26.0 Å². The van der Waals surface area contributed by atoms with Crippen molar-refractivity contribution in [1.29, 1.82) is 5.26 Å². The van der Waals surface area contributed by atoms with E-state index in [4.69, 9.17) is 9.68 Å². The number of nitrogens with zero attached hydrogens (tertiary/aromatic N) is 1. The van der Waals surface area contributed by atoms with Crippen LogP contribution in [-0.2, 0) is 11.3 Å². The molecule has 5 heteroatoms. The summed E-state index contributed by atoms with van der Waals surface area (Å²) in [6, 6.07) is 5.51. The van der Waals surface area contributed by atoms with Gasteiger partial charge in [0.05, 0.1) is 12.8 Å². The van der Waals surface area contributed by atoms with Gasteiger partial charge >= 0.3 is 0 Å². The van der Waals surface area contributed by atoms with Gasteiger partial charge in [-0.2, -0.15) is 5.26 Å². The van der Waals surface area contributed by atoms with Crippen LogP contribution in [0.5, 0.6) is 0 Å². The third-order valence-electron chi connectivity index (χ3n) is 1.93. The van der Waals surface area contributed by atoms with E-state index >= 15 is 0 Å². The van der Waals surface area contributed by atoms with Crippen LogP contribution in [0.3, 0.4) is 0 Å². The second kappa shape index (κ2) is 6.38. The Morgan fingerprint density at radius 3 is 2.94 bits per heavy atom. The summed E-state index contributed by atoms with van der Waals surface area (Å²) in [6.07, 6.45) is 2.95. The van der Waals surface area contributed by atoms with Crippen LogP contribution in [0.1, 0.15) is 19.6 Å². The smallest absolute Gasteiger partial charge is 0.263 e. The topological polar surface area (TPSA) is 78.1 Å². The van der Waals surface area contributed by atoms with Gasteiger partial charge in [0, 0.05) is 12.2 Å². The van der Waals surface area contributed by atoms with Crippen molar-refractivity contribution in [3.05, 3.63) is 35.9 Å². The van der Waals surface area contributed by atoms with Gasteiger partial charge in [-0.1, -0.05) is 0 Å². The van der Waals surface area contributed by atoms with E-state index in [2.05, 4.69) is 10.6 Å². The molecule has 1 rings (SSSR count). The van der Waals surface area contributed by atoms with Gasteiger partial charge < -0.3 is 15.1 Å². The van der Waals surface area contributed by atoms with E-state index in [1.54, 1.807) is 12.1 Å². The first-order valence-electron chi connectivity index (χ1n) is 5.30. The normalized spacial score (nSPS) is 11.1. The van der Waals surface area contributed by atoms with Crippen LogP contribution in [0.25, 0.3) is 0 Å². The maximum absolute atomic E-state index is 11.6. The largest absolute Gasteiger partial charge is 0.467 e. The Bertz CT molecular complexity index is 427. The van der Waals surface area contributed by atoms with Crippen molar-refractivity contribution in [1.82, 2.24) is 10.6 Å². The molecule has 1 heterocycles. The first-order chi connectivity index (χ1) is 8.13. The average Bonchev–Trinajstić information content (AvgIpc) is 2.79. The molecule has 0 bridgehead atoms. The van der Waals surface area contributed by atoms with Crippen molar-refractivity contribution in [2.75, 3.05) is 0 Å². The minimum Gasteiger partial charge on any atom is -0.467 e. The molecule has 0 saturated heterocycles. The zero-order valence-corrected chi connectivity index (χ0v) is 9.86. The standard InChI is InChI=1S/C12H15N3O2/c1-9(2)14-7-10(6-13)12(16)15-8-11-4-3-5-17-11/h3-5,7,9,14H,8H2,1-2H3,(H,15,16)/b10-7-. The third-order valence-corrected chi connectivity index (χ3v) is 1.93. The number of hydrogen-bond acceptors (Lipinski definition) is 4. The SMILES string of the molecule is CC(C)N/C=C(/C#N)C(=O)NCc1ccco1. The number of nitriles is 1. The molecule has 0 unspecified atom stereocenters. The lowest BCUT2D eigenvalue weighted by Crippen LogP contribution is -2.26. The molecule has 0 aliphatic rings. The van der Waals surface area contributed by atoms with Crippen molar-refractivity contribution in [3.8, 4) is 6.07 Å². The average molecular weight is 233 g/mol. The summed E-state index contributed by atoms with van der Waals surface area (Å²) in [5.41, 5.74) is 0.0465. The van der Waals surface area contributed by atoms with Crippen molar-refractivity contribution >= 4 is 5.91 Å². The summed E-state index contributed by atoms with van der Waals surface area (Å²) in [7, 11) is 0. The Labute approximate surface area is 100 Å². The molecular formula is C12H15N3O2. The summed E-state index contributed by atoms with van der Waals surface area (Å²) < 4.78 is 5.06. The first kappa shape index (κ1) is 12.8. The molecule has 5 nitrogen and oxygen atoms in total. The van der Waals surface area contributed by atoms with Crippen LogP contribution >= 0.6 is 0 Å². The summed E-state index contributed by atoms with van der Waals surface area (Å²) in [4.78, 5) is 11.6. The van der Waals surface area contributed by atoms with Crippen LogP contribution in [0.4, 0.5) is 0 Å². The van der Waals surface area contributed by atoms with E-state index in [0.29, 0.717) is 5.76 Å². The Hall–Kier alpha value is -2.22. The zero-order chi connectivity index (χ0) is 12.7. The maximum Gasteiger partial charge on any atom is 0.263 e. The van der Waals surface area contributed by atoms with Crippen molar-refractivity contribution in [2.24, 2.45) is 0 Å². The first-order valence-corrected chi connectivity index (χ1v) is 5.30. The van der Waals surface area contributed by atoms with Gasteiger partial charge in [-0.25, -0.2) is 0 Å². The monoisotopic (exact) mass is 233 g/mol. The summed E-state index contributed by atoms with van der Waals surface area (Å²) in [5.74, 6) is 0.226. The van der Waals surface area contributed by atoms with E-state index in [0.717, 1.165) is 0 Å². The second-order valence-corrected chi connectivity index (χ2v) is 3.75. The number of rotatable bonds is 5. The fourth-order valence-electron chi connectivity index (χ4n) is 1.07. The Morgan fingerprint density at radius 2 is 2.41 bits per heavy atom. The highest BCUT2D eigenvalue weighted by molar-refractivity contribution is 5.97. The van der Waals surface area contributed by atoms with Gasteiger partial charge in [0.1, 0.15) is 17.4 Å². The fourth-order valence-corrected chi connectivity index (χ4v) is 1.07. The lowest BCUT2D eigenvalue weighted by Gasteiger charge is -2.05. The number of amides is 1. The molecule has 0 saturated carbocycles. The van der Waals surface area contributed by atoms with Gasteiger partial charge in [-0.15, -0.1) is 0 Å². The summed E-state index contributed by atoms with van der Waals surface area (Å²) >= 11 is 0. The fraction of sp³-hybridized carbons (Fsp3) is 0.333. The molecule has 0 aliphatic heterocycles. The molecule has 0 aromatic carbocycles. The number of carbonyl (C=O) groups is 1. The number of nitrogens with one attached hydrogen (secondary N) is 2. The second-order valence-electron chi connectivity index (χ2n) is 3.75. The van der Waals surface area contributed by atoms with Gasteiger partial charge in [0.2, 0.25) is 0 Å². The molecular weight excluding hydrogens is 218 g/mol. The van der Waals surface area contributed by atoms with E-state index in [9.17, 15) is 4.79 Å². The molecule has 0 radical (unpaired) electrons. The maximum atomic E-state index is 11.6. The zero-order valence-electron chi connectivity index (χ0n) is 9.86. The lowest BCUT2D eigenvalue weighted by atomic mass is 10.3. The third kappa shape index (κ3) is 4.43. The molecule has 2 N–H and O–H groups in total. The predicted octanol–water partition coefficient (Wildman–Crippen LogP) is 1.30. The summed E-state index contributed by atoms with van der Waals surface area (Å²) in [5, 5.41) is 14.3. The molecule has 90 valence electrons. The predicted molar refractivity (Wildman–Crippen MR) is 62.5 cm³/mol. The van der Waals surface area contributed by atoms with Crippen LogP contribution in [0.15, 0.2) is 34.6 Å². The van der Waals surface area contributed by atoms with Crippen molar-refractivity contribution < 1.29 is 9.21 Å². The highest BCUT2D eigenvalue weighted by Crippen LogP contribution is 2.00. The molecule has 0 atom stereocenters. The van der Waals surface area contributed by atoms with Gasteiger partial charge in [0.15, 0.2) is 0 Å². The molecule has 1 amide bonds. The molecule has 1 aromatic heterocycles. The van der Waals surface area contributed by atoms with E-state index in [1.807, 2.05) is 19.9 Å². The molecule has 1 aromatic rings. The van der Waals surface area contributed by atoms with Crippen molar-refractivity contribution in [3.63, 3.8) is 0 Å². The minimum atomic E-state index is -0.419. The quantitative estimate of drug-likeness (QED) is 0.593. The lowest BCUT2D eigenvalue weighted by molar-refractivity contribution is -0.117. The van der Waals surface area contributed by atoms with Crippen LogP contribution < -0.4 is 10.6 Å². The highest BCUT2D eigenvalue weighted by atomic mass is 16.3. The van der Waals surface area contributed by atoms with Crippen LogP contribution in [0.2, 0.25) is 0 Å². The summed E-state index contributed by atoms with van der Waals surface area (Å²) in [6.45, 7) is 4.12. The van der Waals surface area contributed by atoms with E-state index in [-0.39, 0.29) is 18.2 Å². The minimum absolute atomic E-state index is 0.0465. The van der Waals surface area contributed by atoms with Gasteiger partial charge in [0.25, 0.3) is 5.91 Å². The van der Waals surface area contributed by atoms with Crippen LogP contribution in [-0.4, -0.2) is 11.9 Å². The highest BCUT2D eigenvalue weighted by Gasteiger charge is 2.08. The van der Waals surface area contributed by atoms with Gasteiger partial charge in [-0.3, -0.25) is 4.79 Å². The Kier molecular flexibility index (Phi) is 4.82. The van der Waals surface area contributed by atoms with E-state index < -0.39 is 5.91 Å². The van der Waals surface area contributed by atoms with E-state index in [1.165, 1.54) is 12.5 Å². The molecule has 0 fully saturated rings. The number of furan rings is 1. The number of hydrogen-bond donors (Lipinski definition) is 2. The van der Waals surface area contributed by atoms with Crippen LogP contribution in [0, 0.1) is 11.3 Å². The molecule has 17 heavy (non-hydrogen) atoms. The Balaban J connectivity index is 2.50. The number of carbonyl (C=O) groups excluding carboxylic acids is 1. The Morgan fingerprint density at radius 1 is 1.65 bits per heavy atom. The molecule has 0 spiro atoms.